The van der Waals surface area contributed by atoms with Crippen LogP contribution in [0.2, 0.25) is 0 Å². The van der Waals surface area contributed by atoms with Crippen LogP contribution in [0.3, 0.4) is 0 Å². The van der Waals surface area contributed by atoms with Gasteiger partial charge in [0.2, 0.25) is 11.8 Å². The van der Waals surface area contributed by atoms with Gasteiger partial charge in [0.25, 0.3) is 0 Å². The number of piperidine rings is 1. The minimum Gasteiger partial charge on any atom is -0.491 e. The maximum Gasteiger partial charge on any atom is 0.229 e. The highest BCUT2D eigenvalue weighted by atomic mass is 16.5. The van der Waals surface area contributed by atoms with Gasteiger partial charge in [0, 0.05) is 24.2 Å². The Morgan fingerprint density at radius 1 is 1.27 bits per heavy atom. The zero-order valence-electron chi connectivity index (χ0n) is 16.9. The zero-order valence-corrected chi connectivity index (χ0v) is 16.9. The van der Waals surface area contributed by atoms with Crippen LogP contribution in [0.25, 0.3) is 0 Å². The molecule has 1 aromatic carbocycles. The number of anilines is 1. The van der Waals surface area contributed by atoms with E-state index in [1.54, 1.807) is 0 Å². The second kappa shape index (κ2) is 8.11. The Bertz CT molecular complexity index is 662. The molecule has 2 amide bonds. The van der Waals surface area contributed by atoms with Gasteiger partial charge in [-0.15, -0.1) is 0 Å². The third-order valence-corrected chi connectivity index (χ3v) is 4.55. The summed E-state index contributed by atoms with van der Waals surface area (Å²) in [5.41, 5.74) is 1.35. The van der Waals surface area contributed by atoms with E-state index in [0.29, 0.717) is 6.54 Å². The Labute approximate surface area is 157 Å². The van der Waals surface area contributed by atoms with Crippen molar-refractivity contribution in [2.24, 2.45) is 11.3 Å². The Balaban J connectivity index is 2.02. The summed E-state index contributed by atoms with van der Waals surface area (Å²) >= 11 is 0. The summed E-state index contributed by atoms with van der Waals surface area (Å²) in [5.74, 6) is 0.731. The van der Waals surface area contributed by atoms with Gasteiger partial charge < -0.3 is 15.0 Å². The number of rotatable bonds is 4. The molecule has 1 aliphatic heterocycles. The van der Waals surface area contributed by atoms with Gasteiger partial charge in [-0.3, -0.25) is 9.59 Å². The molecule has 0 aromatic heterocycles. The monoisotopic (exact) mass is 360 g/mol. The van der Waals surface area contributed by atoms with Crippen LogP contribution in [-0.2, 0) is 9.59 Å². The largest absolute Gasteiger partial charge is 0.491 e. The highest BCUT2D eigenvalue weighted by Gasteiger charge is 2.33. The Kier molecular flexibility index (Phi) is 6.32. The number of hydrogen-bond donors (Lipinski definition) is 1. The van der Waals surface area contributed by atoms with Crippen molar-refractivity contribution >= 4 is 17.5 Å². The minimum absolute atomic E-state index is 0.0166. The third kappa shape index (κ3) is 5.23. The first-order valence-electron chi connectivity index (χ1n) is 9.45. The number of hydrogen-bond acceptors (Lipinski definition) is 3. The van der Waals surface area contributed by atoms with Crippen molar-refractivity contribution < 1.29 is 14.3 Å². The van der Waals surface area contributed by atoms with E-state index in [-0.39, 0.29) is 23.8 Å². The second-order valence-corrected chi connectivity index (χ2v) is 8.47. The van der Waals surface area contributed by atoms with Crippen molar-refractivity contribution in [3.05, 3.63) is 23.8 Å². The molecule has 1 fully saturated rings. The van der Waals surface area contributed by atoms with Crippen molar-refractivity contribution in [2.45, 2.75) is 60.5 Å². The number of aryl methyl sites for hydroxylation is 1. The number of amides is 2. The molecule has 1 aliphatic rings. The van der Waals surface area contributed by atoms with Crippen molar-refractivity contribution in [1.29, 1.82) is 0 Å². The Hall–Kier alpha value is -2.04. The van der Waals surface area contributed by atoms with Gasteiger partial charge in [0.1, 0.15) is 5.75 Å². The van der Waals surface area contributed by atoms with Crippen molar-refractivity contribution in [3.63, 3.8) is 0 Å². The molecular weight excluding hydrogens is 328 g/mol. The SMILES string of the molecule is Cc1cc(OC(C)C)ccc1NC(=O)C1CCCN(C(=O)C(C)(C)C)C1. The summed E-state index contributed by atoms with van der Waals surface area (Å²) in [6, 6.07) is 5.69. The first-order chi connectivity index (χ1) is 12.1. The van der Waals surface area contributed by atoms with Crippen LogP contribution in [-0.4, -0.2) is 35.9 Å². The first kappa shape index (κ1) is 20.3. The highest BCUT2D eigenvalue weighted by molar-refractivity contribution is 5.94. The van der Waals surface area contributed by atoms with E-state index in [4.69, 9.17) is 4.74 Å². The maximum atomic E-state index is 12.7. The number of nitrogens with zero attached hydrogens (tertiary/aromatic N) is 1. The van der Waals surface area contributed by atoms with Crippen LogP contribution in [0, 0.1) is 18.3 Å². The summed E-state index contributed by atoms with van der Waals surface area (Å²) in [4.78, 5) is 27.1. The average molecular weight is 360 g/mol. The zero-order chi connectivity index (χ0) is 19.5. The molecule has 0 aliphatic carbocycles. The molecule has 5 heteroatoms. The van der Waals surface area contributed by atoms with Crippen LogP contribution in [0.15, 0.2) is 18.2 Å². The molecule has 0 saturated carbocycles. The standard InChI is InChI=1S/C21H32N2O3/c1-14(2)26-17-9-10-18(15(3)12-17)22-19(24)16-8-7-11-23(13-16)20(25)21(4,5)6/h9-10,12,14,16H,7-8,11,13H2,1-6H3,(H,22,24). The summed E-state index contributed by atoms with van der Waals surface area (Å²) in [6.07, 6.45) is 1.79. The molecule has 0 bridgehead atoms. The van der Waals surface area contributed by atoms with Gasteiger partial charge in [-0.05, 0) is 57.4 Å². The van der Waals surface area contributed by atoms with Crippen LogP contribution in [0.1, 0.15) is 53.0 Å². The van der Waals surface area contributed by atoms with Crippen molar-refractivity contribution in [1.82, 2.24) is 4.90 Å². The summed E-state index contributed by atoms with van der Waals surface area (Å²) in [5, 5.41) is 3.03. The van der Waals surface area contributed by atoms with E-state index in [0.717, 1.165) is 36.4 Å². The van der Waals surface area contributed by atoms with Gasteiger partial charge in [-0.1, -0.05) is 20.8 Å². The lowest BCUT2D eigenvalue weighted by Crippen LogP contribution is -2.47. The topological polar surface area (TPSA) is 58.6 Å². The minimum atomic E-state index is -0.415. The van der Waals surface area contributed by atoms with E-state index in [1.165, 1.54) is 0 Å². The number of benzene rings is 1. The Morgan fingerprint density at radius 2 is 1.96 bits per heavy atom. The molecular formula is C21H32N2O3. The van der Waals surface area contributed by atoms with E-state index in [9.17, 15) is 9.59 Å². The van der Waals surface area contributed by atoms with Gasteiger partial charge in [-0.25, -0.2) is 0 Å². The number of carbonyl (C=O) groups excluding carboxylic acids is 2. The van der Waals surface area contributed by atoms with Crippen LogP contribution < -0.4 is 10.1 Å². The van der Waals surface area contributed by atoms with E-state index in [2.05, 4.69) is 5.32 Å². The van der Waals surface area contributed by atoms with Gasteiger partial charge in [0.05, 0.1) is 12.0 Å². The third-order valence-electron chi connectivity index (χ3n) is 4.55. The summed E-state index contributed by atoms with van der Waals surface area (Å²) in [6.45, 7) is 12.9. The fourth-order valence-electron chi connectivity index (χ4n) is 3.21. The average Bonchev–Trinajstić information content (AvgIpc) is 2.55. The van der Waals surface area contributed by atoms with Crippen LogP contribution >= 0.6 is 0 Å². The molecule has 5 nitrogen and oxygen atoms in total. The molecule has 2 rings (SSSR count). The van der Waals surface area contributed by atoms with Crippen molar-refractivity contribution in [2.75, 3.05) is 18.4 Å². The van der Waals surface area contributed by atoms with E-state index in [1.807, 2.05) is 64.6 Å². The normalized spacial score (nSPS) is 18.0. The second-order valence-electron chi connectivity index (χ2n) is 8.47. The van der Waals surface area contributed by atoms with E-state index >= 15 is 0 Å². The first-order valence-corrected chi connectivity index (χ1v) is 9.45. The summed E-state index contributed by atoms with van der Waals surface area (Å²) < 4.78 is 5.69. The molecule has 1 saturated heterocycles. The predicted molar refractivity (Wildman–Crippen MR) is 104 cm³/mol. The number of carbonyl (C=O) groups is 2. The lowest BCUT2D eigenvalue weighted by atomic mass is 9.91. The van der Waals surface area contributed by atoms with Crippen LogP contribution in [0.5, 0.6) is 5.75 Å². The van der Waals surface area contributed by atoms with Gasteiger partial charge >= 0.3 is 0 Å². The molecule has 26 heavy (non-hydrogen) atoms. The molecule has 0 radical (unpaired) electrons. The maximum absolute atomic E-state index is 12.7. The number of likely N-dealkylation sites (tertiary alicyclic amines) is 1. The van der Waals surface area contributed by atoms with Gasteiger partial charge in [0.15, 0.2) is 0 Å². The molecule has 1 unspecified atom stereocenters. The predicted octanol–water partition coefficient (Wildman–Crippen LogP) is 4.01. The summed E-state index contributed by atoms with van der Waals surface area (Å²) in [7, 11) is 0. The number of nitrogens with one attached hydrogen (secondary N) is 1. The molecule has 0 spiro atoms. The Morgan fingerprint density at radius 3 is 2.54 bits per heavy atom. The van der Waals surface area contributed by atoms with Crippen LogP contribution in [0.4, 0.5) is 5.69 Å². The van der Waals surface area contributed by atoms with Crippen molar-refractivity contribution in [3.8, 4) is 5.75 Å². The molecule has 1 heterocycles. The lowest BCUT2D eigenvalue weighted by molar-refractivity contribution is -0.142. The quantitative estimate of drug-likeness (QED) is 0.883. The lowest BCUT2D eigenvalue weighted by Gasteiger charge is -2.36. The fraction of sp³-hybridized carbons (Fsp3) is 0.619. The van der Waals surface area contributed by atoms with Gasteiger partial charge in [-0.2, -0.15) is 0 Å². The molecule has 1 N–H and O–H groups in total. The van der Waals surface area contributed by atoms with E-state index < -0.39 is 5.41 Å². The number of ether oxygens (including phenoxy) is 1. The molecule has 1 atom stereocenters. The fourth-order valence-corrected chi connectivity index (χ4v) is 3.21. The molecule has 144 valence electrons. The smallest absolute Gasteiger partial charge is 0.229 e. The molecule has 1 aromatic rings. The highest BCUT2D eigenvalue weighted by Crippen LogP contribution is 2.26.